The summed E-state index contributed by atoms with van der Waals surface area (Å²) in [7, 11) is 0. The number of nitrogens with zero attached hydrogens (tertiary/aromatic N) is 1. The zero-order valence-corrected chi connectivity index (χ0v) is 11.9. The molecule has 1 aromatic carbocycles. The molecule has 2 rings (SSSR count). The number of hydrogen-bond donors (Lipinski definition) is 1. The first-order valence-corrected chi connectivity index (χ1v) is 6.35. The van der Waals surface area contributed by atoms with E-state index in [1.54, 1.807) is 0 Å². The van der Waals surface area contributed by atoms with Crippen molar-refractivity contribution >= 4 is 33.2 Å². The van der Waals surface area contributed by atoms with Crippen molar-refractivity contribution in [2.45, 2.75) is 20.4 Å². The number of nitrogens with one attached hydrogen (secondary N) is 1. The number of halogens is 2. The van der Waals surface area contributed by atoms with Gasteiger partial charge in [0.05, 0.1) is 17.3 Å². The zero-order valence-electron chi connectivity index (χ0n) is 9.55. The molecule has 0 amide bonds. The SMILES string of the molecule is Cc1nc(CNc2ccc(Br)c(Cl)c2)oc1C. The minimum absolute atomic E-state index is 0.548. The van der Waals surface area contributed by atoms with E-state index in [4.69, 9.17) is 16.0 Å². The van der Waals surface area contributed by atoms with E-state index in [0.29, 0.717) is 17.5 Å². The first-order valence-electron chi connectivity index (χ1n) is 5.18. The van der Waals surface area contributed by atoms with Crippen molar-refractivity contribution in [2.75, 3.05) is 5.32 Å². The Bertz CT molecular complexity index is 520. The van der Waals surface area contributed by atoms with Crippen molar-refractivity contribution in [1.29, 1.82) is 0 Å². The van der Waals surface area contributed by atoms with Gasteiger partial charge in [0.15, 0.2) is 0 Å². The Labute approximate surface area is 113 Å². The molecular weight excluding hydrogens is 304 g/mol. The van der Waals surface area contributed by atoms with Gasteiger partial charge in [0.25, 0.3) is 0 Å². The molecule has 1 aromatic heterocycles. The van der Waals surface area contributed by atoms with E-state index in [2.05, 4.69) is 26.2 Å². The van der Waals surface area contributed by atoms with E-state index in [1.165, 1.54) is 0 Å². The van der Waals surface area contributed by atoms with Crippen molar-refractivity contribution in [2.24, 2.45) is 0 Å². The van der Waals surface area contributed by atoms with Gasteiger partial charge < -0.3 is 9.73 Å². The molecule has 0 atom stereocenters. The second kappa shape index (κ2) is 5.10. The summed E-state index contributed by atoms with van der Waals surface area (Å²) in [5.41, 5.74) is 1.86. The summed E-state index contributed by atoms with van der Waals surface area (Å²) in [5.74, 6) is 1.54. The van der Waals surface area contributed by atoms with Crippen molar-refractivity contribution in [3.8, 4) is 0 Å². The largest absolute Gasteiger partial charge is 0.444 e. The van der Waals surface area contributed by atoms with Crippen LogP contribution in [-0.4, -0.2) is 4.98 Å². The molecule has 17 heavy (non-hydrogen) atoms. The lowest BCUT2D eigenvalue weighted by atomic mass is 10.3. The first kappa shape index (κ1) is 12.5. The van der Waals surface area contributed by atoms with E-state index in [9.17, 15) is 0 Å². The molecule has 0 saturated heterocycles. The van der Waals surface area contributed by atoms with Crippen LogP contribution in [0.2, 0.25) is 5.02 Å². The Morgan fingerprint density at radius 3 is 2.76 bits per heavy atom. The summed E-state index contributed by atoms with van der Waals surface area (Å²) in [6, 6.07) is 5.70. The van der Waals surface area contributed by atoms with E-state index in [-0.39, 0.29) is 0 Å². The molecule has 90 valence electrons. The van der Waals surface area contributed by atoms with Crippen LogP contribution in [0.3, 0.4) is 0 Å². The summed E-state index contributed by atoms with van der Waals surface area (Å²) >= 11 is 9.35. The van der Waals surface area contributed by atoms with Crippen LogP contribution in [0.25, 0.3) is 0 Å². The quantitative estimate of drug-likeness (QED) is 0.916. The maximum Gasteiger partial charge on any atom is 0.213 e. The molecule has 0 fully saturated rings. The molecule has 0 radical (unpaired) electrons. The van der Waals surface area contributed by atoms with Crippen LogP contribution in [0, 0.1) is 13.8 Å². The van der Waals surface area contributed by atoms with Gasteiger partial charge in [-0.25, -0.2) is 4.98 Å². The fourth-order valence-electron chi connectivity index (χ4n) is 1.40. The number of benzene rings is 1. The van der Waals surface area contributed by atoms with Crippen LogP contribution in [0.15, 0.2) is 27.1 Å². The minimum Gasteiger partial charge on any atom is -0.444 e. The summed E-state index contributed by atoms with van der Waals surface area (Å²) in [5, 5.41) is 3.88. The number of aryl methyl sites for hydroxylation is 2. The van der Waals surface area contributed by atoms with Gasteiger partial charge in [-0.05, 0) is 48.0 Å². The van der Waals surface area contributed by atoms with Gasteiger partial charge in [0.1, 0.15) is 5.76 Å². The van der Waals surface area contributed by atoms with Gasteiger partial charge in [0.2, 0.25) is 5.89 Å². The molecule has 1 heterocycles. The third-order valence-electron chi connectivity index (χ3n) is 2.44. The van der Waals surface area contributed by atoms with Crippen molar-refractivity contribution in [3.63, 3.8) is 0 Å². The molecule has 0 bridgehead atoms. The summed E-state index contributed by atoms with van der Waals surface area (Å²) < 4.78 is 6.36. The van der Waals surface area contributed by atoms with E-state index in [1.807, 2.05) is 32.0 Å². The molecule has 1 N–H and O–H groups in total. The second-order valence-corrected chi connectivity index (χ2v) is 4.99. The smallest absolute Gasteiger partial charge is 0.213 e. The van der Waals surface area contributed by atoms with E-state index < -0.39 is 0 Å². The van der Waals surface area contributed by atoms with Crippen molar-refractivity contribution in [1.82, 2.24) is 4.98 Å². The molecule has 0 aliphatic rings. The molecular formula is C12H12BrClN2O. The fraction of sp³-hybridized carbons (Fsp3) is 0.250. The van der Waals surface area contributed by atoms with Crippen molar-refractivity contribution < 1.29 is 4.42 Å². The van der Waals surface area contributed by atoms with Crippen LogP contribution < -0.4 is 5.32 Å². The molecule has 5 heteroatoms. The standard InChI is InChI=1S/C12H12BrClN2O/c1-7-8(2)17-12(16-7)6-15-9-3-4-10(13)11(14)5-9/h3-5,15H,6H2,1-2H3. The highest BCUT2D eigenvalue weighted by atomic mass is 79.9. The van der Waals surface area contributed by atoms with Crippen LogP contribution >= 0.6 is 27.5 Å². The zero-order chi connectivity index (χ0) is 12.4. The molecule has 0 aliphatic carbocycles. The van der Waals surface area contributed by atoms with E-state index in [0.717, 1.165) is 21.6 Å². The monoisotopic (exact) mass is 314 g/mol. The van der Waals surface area contributed by atoms with Gasteiger partial charge in [0, 0.05) is 10.2 Å². The Hall–Kier alpha value is -1.00. The highest BCUT2D eigenvalue weighted by molar-refractivity contribution is 9.10. The Balaban J connectivity index is 2.04. The number of hydrogen-bond acceptors (Lipinski definition) is 3. The highest BCUT2D eigenvalue weighted by Crippen LogP contribution is 2.25. The van der Waals surface area contributed by atoms with Gasteiger partial charge in [-0.2, -0.15) is 0 Å². The van der Waals surface area contributed by atoms with Crippen molar-refractivity contribution in [3.05, 3.63) is 45.0 Å². The molecule has 0 aliphatic heterocycles. The predicted octanol–water partition coefficient (Wildman–Crippen LogP) is 4.32. The van der Waals surface area contributed by atoms with Crippen LogP contribution in [0.1, 0.15) is 17.3 Å². The molecule has 0 unspecified atom stereocenters. The molecule has 0 saturated carbocycles. The molecule has 3 nitrogen and oxygen atoms in total. The Morgan fingerprint density at radius 2 is 2.18 bits per heavy atom. The lowest BCUT2D eigenvalue weighted by Crippen LogP contribution is -1.99. The Kier molecular flexibility index (Phi) is 3.74. The third-order valence-corrected chi connectivity index (χ3v) is 3.67. The maximum atomic E-state index is 6.00. The molecule has 0 spiro atoms. The number of aromatic nitrogens is 1. The Morgan fingerprint density at radius 1 is 1.41 bits per heavy atom. The van der Waals surface area contributed by atoms with Gasteiger partial charge in [-0.3, -0.25) is 0 Å². The normalized spacial score (nSPS) is 10.6. The molecule has 2 aromatic rings. The maximum absolute atomic E-state index is 6.00. The van der Waals surface area contributed by atoms with Crippen LogP contribution in [0.5, 0.6) is 0 Å². The van der Waals surface area contributed by atoms with Crippen LogP contribution in [-0.2, 0) is 6.54 Å². The topological polar surface area (TPSA) is 38.1 Å². The van der Waals surface area contributed by atoms with E-state index >= 15 is 0 Å². The van der Waals surface area contributed by atoms with Gasteiger partial charge in [-0.15, -0.1) is 0 Å². The number of oxazole rings is 1. The third kappa shape index (κ3) is 3.01. The minimum atomic E-state index is 0.548. The summed E-state index contributed by atoms with van der Waals surface area (Å²) in [4.78, 5) is 4.29. The second-order valence-electron chi connectivity index (χ2n) is 3.73. The fourth-order valence-corrected chi connectivity index (χ4v) is 1.83. The van der Waals surface area contributed by atoms with Gasteiger partial charge in [-0.1, -0.05) is 11.6 Å². The lowest BCUT2D eigenvalue weighted by molar-refractivity contribution is 0.478. The number of anilines is 1. The number of rotatable bonds is 3. The average molecular weight is 316 g/mol. The van der Waals surface area contributed by atoms with Crippen LogP contribution in [0.4, 0.5) is 5.69 Å². The van der Waals surface area contributed by atoms with Gasteiger partial charge >= 0.3 is 0 Å². The average Bonchev–Trinajstić information content (AvgIpc) is 2.60. The summed E-state index contributed by atoms with van der Waals surface area (Å²) in [6.07, 6.45) is 0. The highest BCUT2D eigenvalue weighted by Gasteiger charge is 2.05. The summed E-state index contributed by atoms with van der Waals surface area (Å²) in [6.45, 7) is 4.38. The predicted molar refractivity (Wildman–Crippen MR) is 72.5 cm³/mol. The lowest BCUT2D eigenvalue weighted by Gasteiger charge is -2.04. The first-order chi connectivity index (χ1) is 8.06.